The van der Waals surface area contributed by atoms with Crippen LogP contribution in [-0.2, 0) is 0 Å². The average Bonchev–Trinajstić information content (AvgIpc) is 3.15. The topological polar surface area (TPSA) is 95.7 Å². The maximum absolute atomic E-state index is 12.5. The van der Waals surface area contributed by atoms with Gasteiger partial charge in [0, 0.05) is 15.6 Å². The van der Waals surface area contributed by atoms with Crippen molar-refractivity contribution in [2.24, 2.45) is 0 Å². The number of rotatable bonds is 6. The second-order valence-corrected chi connectivity index (χ2v) is 6.20. The lowest BCUT2D eigenvalue weighted by Gasteiger charge is -2.13. The van der Waals surface area contributed by atoms with E-state index < -0.39 is 5.91 Å². The molecule has 0 aliphatic heterocycles. The summed E-state index contributed by atoms with van der Waals surface area (Å²) in [5.41, 5.74) is 1.02. The van der Waals surface area contributed by atoms with Gasteiger partial charge in [0.1, 0.15) is 0 Å². The molecule has 1 N–H and O–H groups in total. The normalized spacial score (nSPS) is 10.4. The van der Waals surface area contributed by atoms with Crippen LogP contribution in [0.5, 0.6) is 17.2 Å². The summed E-state index contributed by atoms with van der Waals surface area (Å²) in [6, 6.07) is 10.4. The van der Waals surface area contributed by atoms with Crippen LogP contribution in [0.15, 0.2) is 45.3 Å². The predicted molar refractivity (Wildman–Crippen MR) is 101 cm³/mol. The molecule has 0 saturated carbocycles. The molecule has 1 heterocycles. The van der Waals surface area contributed by atoms with Crippen LogP contribution in [0.4, 0.5) is 6.01 Å². The summed E-state index contributed by atoms with van der Waals surface area (Å²) in [4.78, 5) is 12.5. The number of carbonyl (C=O) groups is 1. The summed E-state index contributed by atoms with van der Waals surface area (Å²) in [6.45, 7) is 0. The molecule has 9 heteroatoms. The zero-order chi connectivity index (χ0) is 19.4. The molecule has 0 aliphatic rings. The lowest BCUT2D eigenvalue weighted by Crippen LogP contribution is -2.13. The van der Waals surface area contributed by atoms with Gasteiger partial charge in [-0.15, -0.1) is 5.10 Å². The molecule has 3 rings (SSSR count). The number of amides is 1. The number of aromatic nitrogens is 2. The van der Waals surface area contributed by atoms with E-state index in [9.17, 15) is 4.79 Å². The van der Waals surface area contributed by atoms with E-state index in [0.717, 1.165) is 10.0 Å². The Morgan fingerprint density at radius 2 is 1.63 bits per heavy atom. The maximum Gasteiger partial charge on any atom is 0.322 e. The fourth-order valence-corrected chi connectivity index (χ4v) is 2.63. The van der Waals surface area contributed by atoms with Gasteiger partial charge in [0.25, 0.3) is 5.91 Å². The van der Waals surface area contributed by atoms with Gasteiger partial charge in [-0.1, -0.05) is 21.0 Å². The van der Waals surface area contributed by atoms with Gasteiger partial charge in [0.05, 0.1) is 21.3 Å². The molecule has 0 atom stereocenters. The number of nitrogens with one attached hydrogen (secondary N) is 1. The first kappa shape index (κ1) is 18.7. The maximum atomic E-state index is 12.5. The van der Waals surface area contributed by atoms with Crippen molar-refractivity contribution in [2.45, 2.75) is 0 Å². The summed E-state index contributed by atoms with van der Waals surface area (Å²) in [7, 11) is 4.44. The minimum Gasteiger partial charge on any atom is -0.493 e. The molecule has 0 saturated heterocycles. The van der Waals surface area contributed by atoms with Gasteiger partial charge in [-0.3, -0.25) is 10.1 Å². The highest BCUT2D eigenvalue weighted by Gasteiger charge is 2.19. The van der Waals surface area contributed by atoms with Crippen LogP contribution >= 0.6 is 15.9 Å². The fourth-order valence-electron chi connectivity index (χ4n) is 2.36. The molecular formula is C18H16BrN3O5. The SMILES string of the molecule is COc1cc(C(=O)Nc2nnc(-c3ccc(Br)cc3)o2)cc(OC)c1OC. The van der Waals surface area contributed by atoms with Crippen molar-refractivity contribution in [2.75, 3.05) is 26.6 Å². The van der Waals surface area contributed by atoms with Crippen molar-refractivity contribution in [3.63, 3.8) is 0 Å². The van der Waals surface area contributed by atoms with Crippen LogP contribution < -0.4 is 19.5 Å². The molecule has 1 amide bonds. The largest absolute Gasteiger partial charge is 0.493 e. The molecule has 0 unspecified atom stereocenters. The molecule has 0 radical (unpaired) electrons. The monoisotopic (exact) mass is 433 g/mol. The van der Waals surface area contributed by atoms with E-state index in [-0.39, 0.29) is 11.6 Å². The summed E-state index contributed by atoms with van der Waals surface area (Å²) < 4.78 is 22.2. The van der Waals surface area contributed by atoms with Crippen LogP contribution in [0.2, 0.25) is 0 Å². The van der Waals surface area contributed by atoms with Gasteiger partial charge in [-0.2, -0.15) is 0 Å². The molecule has 0 bridgehead atoms. The lowest BCUT2D eigenvalue weighted by atomic mass is 10.1. The molecule has 2 aromatic carbocycles. The minimum atomic E-state index is -0.458. The number of nitrogens with zero attached hydrogens (tertiary/aromatic N) is 2. The Morgan fingerprint density at radius 1 is 1.00 bits per heavy atom. The smallest absolute Gasteiger partial charge is 0.322 e. The molecular weight excluding hydrogens is 418 g/mol. The minimum absolute atomic E-state index is 0.0216. The third-order valence-electron chi connectivity index (χ3n) is 3.66. The summed E-state index contributed by atoms with van der Waals surface area (Å²) >= 11 is 3.36. The predicted octanol–water partition coefficient (Wildman–Crippen LogP) is 3.78. The highest BCUT2D eigenvalue weighted by Crippen LogP contribution is 2.38. The Balaban J connectivity index is 1.82. The van der Waals surface area contributed by atoms with Crippen molar-refractivity contribution in [1.29, 1.82) is 0 Å². The van der Waals surface area contributed by atoms with Crippen LogP contribution in [-0.4, -0.2) is 37.4 Å². The molecule has 0 fully saturated rings. The van der Waals surface area contributed by atoms with Crippen molar-refractivity contribution < 1.29 is 23.4 Å². The van der Waals surface area contributed by atoms with E-state index in [1.165, 1.54) is 33.5 Å². The Hall–Kier alpha value is -3.07. The average molecular weight is 434 g/mol. The number of ether oxygens (including phenoxy) is 3. The molecule has 0 aliphatic carbocycles. The van der Waals surface area contributed by atoms with E-state index in [4.69, 9.17) is 18.6 Å². The zero-order valence-electron chi connectivity index (χ0n) is 14.8. The second-order valence-electron chi connectivity index (χ2n) is 5.29. The fraction of sp³-hybridized carbons (Fsp3) is 0.167. The quantitative estimate of drug-likeness (QED) is 0.631. The Labute approximate surface area is 163 Å². The van der Waals surface area contributed by atoms with Gasteiger partial charge in [0.15, 0.2) is 11.5 Å². The van der Waals surface area contributed by atoms with E-state index in [1.54, 1.807) is 0 Å². The van der Waals surface area contributed by atoms with Gasteiger partial charge >= 0.3 is 6.01 Å². The van der Waals surface area contributed by atoms with Gasteiger partial charge in [-0.05, 0) is 36.4 Å². The third kappa shape index (κ3) is 4.03. The summed E-state index contributed by atoms with van der Waals surface area (Å²) in [5.74, 6) is 0.959. The first-order valence-electron chi connectivity index (χ1n) is 7.76. The van der Waals surface area contributed by atoms with Gasteiger partial charge in [0.2, 0.25) is 11.6 Å². The van der Waals surface area contributed by atoms with E-state index in [1.807, 2.05) is 24.3 Å². The Morgan fingerprint density at radius 3 is 2.19 bits per heavy atom. The zero-order valence-corrected chi connectivity index (χ0v) is 16.4. The van der Waals surface area contributed by atoms with Crippen LogP contribution in [0.3, 0.4) is 0 Å². The molecule has 8 nitrogen and oxygen atoms in total. The number of hydrogen-bond donors (Lipinski definition) is 1. The molecule has 0 spiro atoms. The van der Waals surface area contributed by atoms with Crippen molar-refractivity contribution in [1.82, 2.24) is 10.2 Å². The first-order valence-corrected chi connectivity index (χ1v) is 8.55. The van der Waals surface area contributed by atoms with Crippen LogP contribution in [0.25, 0.3) is 11.5 Å². The Bertz CT molecular complexity index is 931. The van der Waals surface area contributed by atoms with E-state index in [2.05, 4.69) is 31.4 Å². The van der Waals surface area contributed by atoms with Crippen LogP contribution in [0, 0.1) is 0 Å². The highest BCUT2D eigenvalue weighted by atomic mass is 79.9. The number of benzene rings is 2. The second kappa shape index (κ2) is 8.09. The highest BCUT2D eigenvalue weighted by molar-refractivity contribution is 9.10. The van der Waals surface area contributed by atoms with Crippen molar-refractivity contribution in [3.05, 3.63) is 46.4 Å². The van der Waals surface area contributed by atoms with Crippen molar-refractivity contribution >= 4 is 27.9 Å². The number of carbonyl (C=O) groups excluding carboxylic acids is 1. The standard InChI is InChI=1S/C18H16BrN3O5/c1-24-13-8-11(9-14(25-2)15(13)26-3)16(23)20-18-22-21-17(27-18)10-4-6-12(19)7-5-10/h4-9H,1-3H3,(H,20,22,23). The lowest BCUT2D eigenvalue weighted by molar-refractivity contribution is 0.102. The molecule has 140 valence electrons. The number of halogens is 1. The van der Waals surface area contributed by atoms with Gasteiger partial charge < -0.3 is 18.6 Å². The first-order chi connectivity index (χ1) is 13.0. The Kier molecular flexibility index (Phi) is 5.60. The number of anilines is 1. The van der Waals surface area contributed by atoms with Crippen molar-refractivity contribution in [3.8, 4) is 28.7 Å². The molecule has 3 aromatic rings. The van der Waals surface area contributed by atoms with E-state index in [0.29, 0.717) is 23.1 Å². The summed E-state index contributed by atoms with van der Waals surface area (Å²) in [6.07, 6.45) is 0. The number of methoxy groups -OCH3 is 3. The molecule has 1 aromatic heterocycles. The van der Waals surface area contributed by atoms with Gasteiger partial charge in [-0.25, -0.2) is 0 Å². The van der Waals surface area contributed by atoms with Crippen LogP contribution in [0.1, 0.15) is 10.4 Å². The van der Waals surface area contributed by atoms with E-state index >= 15 is 0 Å². The summed E-state index contributed by atoms with van der Waals surface area (Å²) in [5, 5.41) is 10.4. The third-order valence-corrected chi connectivity index (χ3v) is 4.19. The number of hydrogen-bond acceptors (Lipinski definition) is 7. The molecule has 27 heavy (non-hydrogen) atoms.